The molecule has 0 saturated heterocycles. The fourth-order valence-electron chi connectivity index (χ4n) is 2.63. The van der Waals surface area contributed by atoms with E-state index in [0.717, 1.165) is 22.8 Å². The van der Waals surface area contributed by atoms with Crippen molar-refractivity contribution in [2.75, 3.05) is 5.32 Å². The molecule has 0 saturated carbocycles. The van der Waals surface area contributed by atoms with Crippen LogP contribution in [-0.4, -0.2) is 24.8 Å². The first-order valence-electron chi connectivity index (χ1n) is 8.14. The predicted octanol–water partition coefficient (Wildman–Crippen LogP) is 3.63. The molecular formula is C19H18N6. The molecule has 0 aliphatic heterocycles. The molecule has 2 aromatic heterocycles. The highest BCUT2D eigenvalue weighted by atomic mass is 15.4. The Bertz CT molecular complexity index is 942. The molecule has 2 heterocycles. The van der Waals surface area contributed by atoms with Gasteiger partial charge in [-0.3, -0.25) is 0 Å². The van der Waals surface area contributed by atoms with E-state index in [1.54, 1.807) is 4.68 Å². The smallest absolute Gasteiger partial charge is 0.105 e. The topological polar surface area (TPSA) is 60.6 Å². The van der Waals surface area contributed by atoms with Crippen molar-refractivity contribution in [1.82, 2.24) is 24.8 Å². The van der Waals surface area contributed by atoms with E-state index in [1.807, 2.05) is 83.9 Å². The molecule has 1 N–H and O–H groups in total. The number of rotatable bonds is 5. The number of benzene rings is 2. The van der Waals surface area contributed by atoms with Gasteiger partial charge in [0.25, 0.3) is 0 Å². The lowest BCUT2D eigenvalue weighted by atomic mass is 10.2. The molecule has 25 heavy (non-hydrogen) atoms. The number of hydrogen-bond donors (Lipinski definition) is 1. The summed E-state index contributed by atoms with van der Waals surface area (Å²) in [4.78, 5) is 0. The van der Waals surface area contributed by atoms with E-state index in [0.29, 0.717) is 0 Å². The van der Waals surface area contributed by atoms with E-state index in [-0.39, 0.29) is 6.04 Å². The van der Waals surface area contributed by atoms with E-state index in [2.05, 4.69) is 27.7 Å². The fourth-order valence-corrected chi connectivity index (χ4v) is 2.63. The van der Waals surface area contributed by atoms with Gasteiger partial charge in [0.1, 0.15) is 5.69 Å². The highest BCUT2D eigenvalue weighted by Gasteiger charge is 2.12. The quantitative estimate of drug-likeness (QED) is 0.607. The Morgan fingerprint density at radius 1 is 0.840 bits per heavy atom. The van der Waals surface area contributed by atoms with Gasteiger partial charge < -0.3 is 5.32 Å². The number of hydrogen-bond acceptors (Lipinski definition) is 4. The largest absolute Gasteiger partial charge is 0.374 e. The third-order valence-electron chi connectivity index (χ3n) is 3.96. The highest BCUT2D eigenvalue weighted by molar-refractivity contribution is 5.44. The molecule has 0 bridgehead atoms. The van der Waals surface area contributed by atoms with Crippen LogP contribution < -0.4 is 5.32 Å². The summed E-state index contributed by atoms with van der Waals surface area (Å²) in [5.74, 6) is 0. The van der Waals surface area contributed by atoms with Crippen molar-refractivity contribution >= 4 is 5.69 Å². The van der Waals surface area contributed by atoms with E-state index in [4.69, 9.17) is 0 Å². The lowest BCUT2D eigenvalue weighted by Crippen LogP contribution is -2.06. The van der Waals surface area contributed by atoms with Crippen molar-refractivity contribution in [3.8, 4) is 11.4 Å². The normalized spacial score (nSPS) is 12.0. The van der Waals surface area contributed by atoms with Gasteiger partial charge in [-0.15, -0.1) is 5.10 Å². The van der Waals surface area contributed by atoms with Crippen molar-refractivity contribution in [2.24, 2.45) is 0 Å². The minimum absolute atomic E-state index is 0.0193. The second kappa shape index (κ2) is 6.60. The van der Waals surface area contributed by atoms with Gasteiger partial charge in [0.15, 0.2) is 0 Å². The first-order chi connectivity index (χ1) is 12.3. The molecule has 0 unspecified atom stereocenters. The lowest BCUT2D eigenvalue weighted by molar-refractivity contribution is 0.781. The Balaban J connectivity index is 1.49. The van der Waals surface area contributed by atoms with Crippen molar-refractivity contribution in [3.05, 3.63) is 84.9 Å². The molecule has 0 amide bonds. The minimum atomic E-state index is 0.0193. The molecule has 1 atom stereocenters. The molecule has 4 rings (SSSR count). The van der Waals surface area contributed by atoms with Gasteiger partial charge in [-0.25, -0.2) is 9.36 Å². The Morgan fingerprint density at radius 2 is 1.48 bits per heavy atom. The van der Waals surface area contributed by atoms with Gasteiger partial charge in [0.05, 0.1) is 41.7 Å². The van der Waals surface area contributed by atoms with E-state index < -0.39 is 0 Å². The van der Waals surface area contributed by atoms with Crippen LogP contribution >= 0.6 is 0 Å². The maximum Gasteiger partial charge on any atom is 0.105 e. The summed E-state index contributed by atoms with van der Waals surface area (Å²) in [5, 5.41) is 16.3. The summed E-state index contributed by atoms with van der Waals surface area (Å²) in [5.41, 5.74) is 3.82. The number of anilines is 1. The van der Waals surface area contributed by atoms with Gasteiger partial charge in [0.2, 0.25) is 0 Å². The zero-order valence-corrected chi connectivity index (χ0v) is 13.8. The second-order valence-electron chi connectivity index (χ2n) is 5.80. The van der Waals surface area contributed by atoms with Crippen molar-refractivity contribution in [1.29, 1.82) is 0 Å². The molecule has 6 heteroatoms. The summed E-state index contributed by atoms with van der Waals surface area (Å²) in [7, 11) is 0. The summed E-state index contributed by atoms with van der Waals surface area (Å²) < 4.78 is 3.62. The van der Waals surface area contributed by atoms with Crippen molar-refractivity contribution in [2.45, 2.75) is 13.0 Å². The average molecular weight is 330 g/mol. The van der Waals surface area contributed by atoms with Crippen LogP contribution in [0.25, 0.3) is 11.4 Å². The van der Waals surface area contributed by atoms with E-state index in [1.165, 1.54) is 0 Å². The molecule has 0 aliphatic carbocycles. The molecular weight excluding hydrogens is 312 g/mol. The molecule has 2 aromatic carbocycles. The SMILES string of the molecule is C[C@H](Nc1cnn(-c2ccccc2)c1)c1cn(-c2ccccc2)nn1. The third-order valence-corrected chi connectivity index (χ3v) is 3.96. The monoisotopic (exact) mass is 330 g/mol. The zero-order valence-electron chi connectivity index (χ0n) is 13.8. The number of nitrogens with zero attached hydrogens (tertiary/aromatic N) is 5. The third kappa shape index (κ3) is 3.28. The summed E-state index contributed by atoms with van der Waals surface area (Å²) >= 11 is 0. The maximum atomic E-state index is 4.40. The van der Waals surface area contributed by atoms with Gasteiger partial charge in [0, 0.05) is 0 Å². The zero-order chi connectivity index (χ0) is 17.1. The van der Waals surface area contributed by atoms with Gasteiger partial charge in [-0.05, 0) is 31.2 Å². The van der Waals surface area contributed by atoms with Crippen LogP contribution in [0.5, 0.6) is 0 Å². The van der Waals surface area contributed by atoms with Crippen LogP contribution in [0.2, 0.25) is 0 Å². The standard InChI is InChI=1S/C19H18N6/c1-15(19-14-25(23-22-19)18-10-6-3-7-11-18)21-16-12-20-24(13-16)17-8-4-2-5-9-17/h2-15,21H,1H3/t15-/m0/s1. The van der Waals surface area contributed by atoms with Crippen molar-refractivity contribution < 1.29 is 0 Å². The van der Waals surface area contributed by atoms with Crippen LogP contribution in [0.15, 0.2) is 79.3 Å². The number of para-hydroxylation sites is 2. The van der Waals surface area contributed by atoms with Crippen LogP contribution in [0.3, 0.4) is 0 Å². The number of aromatic nitrogens is 5. The lowest BCUT2D eigenvalue weighted by Gasteiger charge is -2.09. The highest BCUT2D eigenvalue weighted by Crippen LogP contribution is 2.19. The molecule has 0 spiro atoms. The summed E-state index contributed by atoms with van der Waals surface area (Å²) in [6.07, 6.45) is 5.72. The first-order valence-corrected chi connectivity index (χ1v) is 8.14. The van der Waals surface area contributed by atoms with Crippen LogP contribution in [-0.2, 0) is 0 Å². The Hall–Kier alpha value is -3.41. The second-order valence-corrected chi connectivity index (χ2v) is 5.80. The Morgan fingerprint density at radius 3 is 2.16 bits per heavy atom. The average Bonchev–Trinajstić information content (AvgIpc) is 3.33. The van der Waals surface area contributed by atoms with E-state index in [9.17, 15) is 0 Å². The van der Waals surface area contributed by atoms with Gasteiger partial charge >= 0.3 is 0 Å². The van der Waals surface area contributed by atoms with Crippen LogP contribution in [0.1, 0.15) is 18.7 Å². The van der Waals surface area contributed by atoms with Gasteiger partial charge in [-0.1, -0.05) is 41.6 Å². The maximum absolute atomic E-state index is 4.40. The van der Waals surface area contributed by atoms with Crippen LogP contribution in [0.4, 0.5) is 5.69 Å². The van der Waals surface area contributed by atoms with Crippen molar-refractivity contribution in [3.63, 3.8) is 0 Å². The van der Waals surface area contributed by atoms with Crippen LogP contribution in [0, 0.1) is 0 Å². The first kappa shape index (κ1) is 15.1. The van der Waals surface area contributed by atoms with E-state index >= 15 is 0 Å². The molecule has 0 aliphatic rings. The molecule has 6 nitrogen and oxygen atoms in total. The summed E-state index contributed by atoms with van der Waals surface area (Å²) in [6, 6.07) is 20.0. The van der Waals surface area contributed by atoms with Gasteiger partial charge in [-0.2, -0.15) is 5.10 Å². The number of nitrogens with one attached hydrogen (secondary N) is 1. The fraction of sp³-hybridized carbons (Fsp3) is 0.105. The summed E-state index contributed by atoms with van der Waals surface area (Å²) in [6.45, 7) is 2.05. The Kier molecular flexibility index (Phi) is 4.00. The minimum Gasteiger partial charge on any atom is -0.374 e. The molecule has 124 valence electrons. The predicted molar refractivity (Wildman–Crippen MR) is 97.0 cm³/mol. The molecule has 4 aromatic rings. The molecule has 0 fully saturated rings. The molecule has 0 radical (unpaired) electrons. The Labute approximate surface area is 145 Å².